The third-order valence-corrected chi connectivity index (χ3v) is 4.84. The highest BCUT2D eigenvalue weighted by molar-refractivity contribution is 5.88. The maximum Gasteiger partial charge on any atom is 0.345 e. The predicted octanol–water partition coefficient (Wildman–Crippen LogP) is 2.92. The van der Waals surface area contributed by atoms with E-state index in [0.29, 0.717) is 18.8 Å². The Bertz CT molecular complexity index is 940. The minimum atomic E-state index is -0.972. The summed E-state index contributed by atoms with van der Waals surface area (Å²) in [5, 5.41) is 23.8. The normalized spacial score (nSPS) is 13.5. The van der Waals surface area contributed by atoms with Crippen molar-refractivity contribution < 1.29 is 19.7 Å². The summed E-state index contributed by atoms with van der Waals surface area (Å²) in [6.07, 6.45) is 4.52. The maximum atomic E-state index is 11.5. The highest BCUT2D eigenvalue weighted by Crippen LogP contribution is 2.29. The van der Waals surface area contributed by atoms with Crippen LogP contribution in [0, 0.1) is 5.92 Å². The van der Waals surface area contributed by atoms with E-state index < -0.39 is 18.2 Å². The number of rotatable bonds is 10. The Balaban J connectivity index is 1.62. The van der Waals surface area contributed by atoms with Gasteiger partial charge in [0.25, 0.3) is 0 Å². The van der Waals surface area contributed by atoms with E-state index in [-0.39, 0.29) is 5.92 Å². The summed E-state index contributed by atoms with van der Waals surface area (Å²) >= 11 is 0. The van der Waals surface area contributed by atoms with Gasteiger partial charge in [0.1, 0.15) is 5.75 Å². The van der Waals surface area contributed by atoms with Crippen LogP contribution >= 0.6 is 0 Å². The van der Waals surface area contributed by atoms with Gasteiger partial charge in [-0.15, -0.1) is 0 Å². The van der Waals surface area contributed by atoms with Crippen LogP contribution in [-0.4, -0.2) is 45.3 Å². The number of benzene rings is 1. The number of aliphatic hydroxyl groups is 1. The van der Waals surface area contributed by atoms with Crippen molar-refractivity contribution in [2.45, 2.75) is 32.5 Å². The molecule has 3 rings (SSSR count). The first-order valence-corrected chi connectivity index (χ1v) is 9.74. The Kier molecular flexibility index (Phi) is 6.85. The summed E-state index contributed by atoms with van der Waals surface area (Å²) in [6.45, 7) is 4.78. The van der Waals surface area contributed by atoms with E-state index >= 15 is 0 Å². The van der Waals surface area contributed by atoms with E-state index in [1.165, 1.54) is 0 Å². The smallest absolute Gasteiger partial charge is 0.345 e. The average Bonchev–Trinajstić information content (AvgIpc) is 3.13. The molecule has 2 heterocycles. The number of para-hydroxylation sites is 1. The number of carbonyl (C=O) groups is 1. The van der Waals surface area contributed by atoms with Gasteiger partial charge in [0.15, 0.2) is 6.10 Å². The molecular formula is C22H27N3O4. The van der Waals surface area contributed by atoms with Crippen LogP contribution in [0.2, 0.25) is 0 Å². The summed E-state index contributed by atoms with van der Waals surface area (Å²) in [5.41, 5.74) is 2.68. The standard InChI is InChI=1S/C22H27N3O4/c1-14(2)21(22(27)28)29-19-7-3-6-17-15(12-25-20(17)19)8-10-24-13-18(26)16-5-4-9-23-11-16/h3-7,9,11-12,14,18,21,24-26H,8,10,13H2,1-2H3,(H,27,28)/t18-,21+/m0/s1. The van der Waals surface area contributed by atoms with Gasteiger partial charge in [-0.05, 0) is 30.7 Å². The Morgan fingerprint density at radius 2 is 2.10 bits per heavy atom. The van der Waals surface area contributed by atoms with E-state index in [9.17, 15) is 15.0 Å². The molecule has 1 aromatic carbocycles. The summed E-state index contributed by atoms with van der Waals surface area (Å²) in [7, 11) is 0. The third kappa shape index (κ3) is 5.13. The van der Waals surface area contributed by atoms with Crippen LogP contribution in [-0.2, 0) is 11.2 Å². The van der Waals surface area contributed by atoms with Gasteiger partial charge in [-0.25, -0.2) is 4.79 Å². The molecule has 4 N–H and O–H groups in total. The zero-order valence-electron chi connectivity index (χ0n) is 16.6. The number of pyridine rings is 1. The lowest BCUT2D eigenvalue weighted by atomic mass is 10.1. The topological polar surface area (TPSA) is 107 Å². The second-order valence-electron chi connectivity index (χ2n) is 7.37. The SMILES string of the molecule is CC(C)[C@@H](Oc1cccc2c(CCNC[C@H](O)c3cccnc3)c[nH]c12)C(=O)O. The van der Waals surface area contributed by atoms with Gasteiger partial charge in [0.2, 0.25) is 0 Å². The lowest BCUT2D eigenvalue weighted by Gasteiger charge is -2.18. The number of carboxylic acids is 1. The molecule has 154 valence electrons. The van der Waals surface area contributed by atoms with Gasteiger partial charge >= 0.3 is 5.97 Å². The molecule has 2 atom stereocenters. The molecule has 29 heavy (non-hydrogen) atoms. The predicted molar refractivity (Wildman–Crippen MR) is 111 cm³/mol. The van der Waals surface area contributed by atoms with Crippen molar-refractivity contribution in [3.8, 4) is 5.75 Å². The van der Waals surface area contributed by atoms with Gasteiger partial charge in [-0.2, -0.15) is 0 Å². The molecule has 0 radical (unpaired) electrons. The van der Waals surface area contributed by atoms with Crippen molar-refractivity contribution in [1.82, 2.24) is 15.3 Å². The van der Waals surface area contributed by atoms with Gasteiger partial charge in [0.05, 0.1) is 11.6 Å². The Morgan fingerprint density at radius 1 is 1.28 bits per heavy atom. The monoisotopic (exact) mass is 397 g/mol. The molecule has 0 aliphatic carbocycles. The zero-order valence-corrected chi connectivity index (χ0v) is 16.6. The molecule has 2 aromatic heterocycles. The molecule has 0 saturated carbocycles. The molecule has 0 amide bonds. The van der Waals surface area contributed by atoms with E-state index in [1.807, 2.05) is 38.2 Å². The van der Waals surface area contributed by atoms with E-state index in [4.69, 9.17) is 4.74 Å². The molecule has 0 fully saturated rings. The Hall–Kier alpha value is -2.90. The summed E-state index contributed by atoms with van der Waals surface area (Å²) in [6, 6.07) is 9.29. The van der Waals surface area contributed by atoms with Gasteiger partial charge in [-0.3, -0.25) is 4.98 Å². The summed E-state index contributed by atoms with van der Waals surface area (Å²) in [4.78, 5) is 18.7. The first-order valence-electron chi connectivity index (χ1n) is 9.74. The second-order valence-corrected chi connectivity index (χ2v) is 7.37. The van der Waals surface area contributed by atoms with Crippen LogP contribution in [0.4, 0.5) is 0 Å². The van der Waals surface area contributed by atoms with Crippen molar-refractivity contribution >= 4 is 16.9 Å². The summed E-state index contributed by atoms with van der Waals surface area (Å²) in [5.74, 6) is -0.581. The van der Waals surface area contributed by atoms with E-state index in [2.05, 4.69) is 15.3 Å². The van der Waals surface area contributed by atoms with E-state index in [1.54, 1.807) is 24.5 Å². The molecule has 7 heteroatoms. The fourth-order valence-corrected chi connectivity index (χ4v) is 3.25. The molecule has 0 unspecified atom stereocenters. The Morgan fingerprint density at radius 3 is 2.79 bits per heavy atom. The number of ether oxygens (including phenoxy) is 1. The zero-order chi connectivity index (χ0) is 20.8. The fraction of sp³-hybridized carbons (Fsp3) is 0.364. The molecule has 7 nitrogen and oxygen atoms in total. The highest BCUT2D eigenvalue weighted by atomic mass is 16.5. The molecule has 3 aromatic rings. The minimum Gasteiger partial charge on any atom is -0.478 e. The fourth-order valence-electron chi connectivity index (χ4n) is 3.25. The number of nitrogens with zero attached hydrogens (tertiary/aromatic N) is 1. The van der Waals surface area contributed by atoms with Crippen LogP contribution in [0.5, 0.6) is 5.75 Å². The Labute approximate surface area is 169 Å². The minimum absolute atomic E-state index is 0.146. The van der Waals surface area contributed by atoms with Crippen molar-refractivity contribution in [2.24, 2.45) is 5.92 Å². The lowest BCUT2D eigenvalue weighted by Crippen LogP contribution is -2.32. The van der Waals surface area contributed by atoms with E-state index in [0.717, 1.165) is 28.5 Å². The second kappa shape index (κ2) is 9.54. The highest BCUT2D eigenvalue weighted by Gasteiger charge is 2.24. The van der Waals surface area contributed by atoms with Gasteiger partial charge in [0, 0.05) is 42.0 Å². The number of carboxylic acid groups (broad SMARTS) is 1. The number of H-pyrrole nitrogens is 1. The summed E-state index contributed by atoms with van der Waals surface area (Å²) < 4.78 is 5.78. The first kappa shape index (κ1) is 20.8. The molecule has 0 saturated heterocycles. The van der Waals surface area contributed by atoms with Crippen molar-refractivity contribution in [2.75, 3.05) is 13.1 Å². The number of hydrogen-bond donors (Lipinski definition) is 4. The number of hydrogen-bond acceptors (Lipinski definition) is 5. The number of aromatic nitrogens is 2. The molecule has 0 aliphatic heterocycles. The quantitative estimate of drug-likeness (QED) is 0.392. The third-order valence-electron chi connectivity index (χ3n) is 4.84. The molecular weight excluding hydrogens is 370 g/mol. The lowest BCUT2D eigenvalue weighted by molar-refractivity contribution is -0.147. The van der Waals surface area contributed by atoms with Gasteiger partial charge in [-0.1, -0.05) is 32.0 Å². The van der Waals surface area contributed by atoms with Crippen molar-refractivity contribution in [1.29, 1.82) is 0 Å². The van der Waals surface area contributed by atoms with Crippen molar-refractivity contribution in [3.05, 3.63) is 60.0 Å². The number of aliphatic hydroxyl groups excluding tert-OH is 1. The number of aliphatic carboxylic acids is 1. The molecule has 0 spiro atoms. The number of aromatic amines is 1. The number of fused-ring (bicyclic) bond motifs is 1. The van der Waals surface area contributed by atoms with Gasteiger partial charge < -0.3 is 25.3 Å². The first-order chi connectivity index (χ1) is 14.0. The molecule has 0 aliphatic rings. The van der Waals surface area contributed by atoms with Crippen LogP contribution in [0.1, 0.15) is 31.1 Å². The van der Waals surface area contributed by atoms with Crippen LogP contribution < -0.4 is 10.1 Å². The van der Waals surface area contributed by atoms with Crippen LogP contribution in [0.15, 0.2) is 48.9 Å². The van der Waals surface area contributed by atoms with Crippen LogP contribution in [0.25, 0.3) is 10.9 Å². The largest absolute Gasteiger partial charge is 0.478 e. The molecule has 0 bridgehead atoms. The average molecular weight is 397 g/mol. The number of nitrogens with one attached hydrogen (secondary N) is 2. The van der Waals surface area contributed by atoms with Crippen molar-refractivity contribution in [3.63, 3.8) is 0 Å². The van der Waals surface area contributed by atoms with Crippen LogP contribution in [0.3, 0.4) is 0 Å². The maximum absolute atomic E-state index is 11.5.